The fourth-order valence-electron chi connectivity index (χ4n) is 4.70. The summed E-state index contributed by atoms with van der Waals surface area (Å²) in [7, 11) is 2.02. The Bertz CT molecular complexity index is 365. The third-order valence-electron chi connectivity index (χ3n) is 5.87. The molecule has 21 heavy (non-hydrogen) atoms. The Kier molecular flexibility index (Phi) is 5.55. The van der Waals surface area contributed by atoms with E-state index < -0.39 is 0 Å². The number of halogens is 1. The Hall–Kier alpha value is -0.320. The highest BCUT2D eigenvalue weighted by atomic mass is 35.5. The minimum Gasteiger partial charge on any atom is -0.378 e. The molecular weight excluding hydrogens is 288 g/mol. The molecule has 0 aromatic rings. The van der Waals surface area contributed by atoms with E-state index in [-0.39, 0.29) is 23.7 Å². The first-order chi connectivity index (χ1) is 9.69. The van der Waals surface area contributed by atoms with Crippen molar-refractivity contribution >= 4 is 18.3 Å². The van der Waals surface area contributed by atoms with Crippen molar-refractivity contribution in [3.05, 3.63) is 0 Å². The zero-order valence-corrected chi connectivity index (χ0v) is 14.1. The standard InChI is InChI=1S/C16H28N2O2.ClH/c1-3-20-14-10-13(16(14)7-4-5-8-16)18(2)15(19)12-6-9-17-11-12;/h12-14,17H,3-11H2,1-2H3;1H. The van der Waals surface area contributed by atoms with Gasteiger partial charge in [-0.25, -0.2) is 0 Å². The van der Waals surface area contributed by atoms with Crippen LogP contribution in [0.15, 0.2) is 0 Å². The Morgan fingerprint density at radius 3 is 2.67 bits per heavy atom. The molecule has 1 N–H and O–H groups in total. The molecule has 0 radical (unpaired) electrons. The van der Waals surface area contributed by atoms with Crippen molar-refractivity contribution in [1.82, 2.24) is 10.2 Å². The molecule has 1 heterocycles. The maximum atomic E-state index is 12.6. The number of hydrogen-bond acceptors (Lipinski definition) is 3. The highest BCUT2D eigenvalue weighted by Crippen LogP contribution is 2.56. The van der Waals surface area contributed by atoms with E-state index in [4.69, 9.17) is 4.74 Å². The molecule has 3 atom stereocenters. The van der Waals surface area contributed by atoms with Crippen molar-refractivity contribution < 1.29 is 9.53 Å². The molecule has 2 aliphatic carbocycles. The second-order valence-electron chi connectivity index (χ2n) is 6.77. The van der Waals surface area contributed by atoms with Crippen LogP contribution in [-0.2, 0) is 9.53 Å². The summed E-state index contributed by atoms with van der Waals surface area (Å²) in [4.78, 5) is 14.7. The second-order valence-corrected chi connectivity index (χ2v) is 6.77. The molecule has 1 spiro atoms. The van der Waals surface area contributed by atoms with Crippen LogP contribution in [0.25, 0.3) is 0 Å². The summed E-state index contributed by atoms with van der Waals surface area (Å²) in [6.45, 7) is 4.72. The maximum Gasteiger partial charge on any atom is 0.227 e. The van der Waals surface area contributed by atoms with Gasteiger partial charge in [0, 0.05) is 31.7 Å². The van der Waals surface area contributed by atoms with Crippen molar-refractivity contribution in [2.75, 3.05) is 26.7 Å². The quantitative estimate of drug-likeness (QED) is 0.864. The Balaban J connectivity index is 0.00000161. The van der Waals surface area contributed by atoms with Gasteiger partial charge in [0.2, 0.25) is 5.91 Å². The summed E-state index contributed by atoms with van der Waals surface area (Å²) in [5.74, 6) is 0.547. The Morgan fingerprint density at radius 2 is 2.10 bits per heavy atom. The number of ether oxygens (including phenoxy) is 1. The van der Waals surface area contributed by atoms with Crippen molar-refractivity contribution in [3.63, 3.8) is 0 Å². The van der Waals surface area contributed by atoms with Crippen molar-refractivity contribution in [3.8, 4) is 0 Å². The summed E-state index contributed by atoms with van der Waals surface area (Å²) in [6.07, 6.45) is 7.50. The zero-order chi connectivity index (χ0) is 14.2. The third kappa shape index (κ3) is 2.82. The molecular formula is C16H29ClN2O2. The topological polar surface area (TPSA) is 41.6 Å². The van der Waals surface area contributed by atoms with Crippen LogP contribution in [-0.4, -0.2) is 49.7 Å². The average Bonchev–Trinajstić information content (AvgIpc) is 3.13. The van der Waals surface area contributed by atoms with Gasteiger partial charge in [-0.2, -0.15) is 0 Å². The zero-order valence-electron chi connectivity index (χ0n) is 13.3. The molecule has 0 bridgehead atoms. The predicted molar refractivity (Wildman–Crippen MR) is 85.7 cm³/mol. The van der Waals surface area contributed by atoms with Crippen LogP contribution in [0.3, 0.4) is 0 Å². The molecule has 5 heteroatoms. The number of carbonyl (C=O) groups excluding carboxylic acids is 1. The van der Waals surface area contributed by atoms with Gasteiger partial charge in [0.05, 0.1) is 12.0 Å². The first kappa shape index (κ1) is 17.0. The molecule has 3 aliphatic rings. The molecule has 0 aromatic carbocycles. The molecule has 1 aliphatic heterocycles. The summed E-state index contributed by atoms with van der Waals surface area (Å²) < 4.78 is 5.95. The van der Waals surface area contributed by atoms with E-state index in [1.54, 1.807) is 0 Å². The summed E-state index contributed by atoms with van der Waals surface area (Å²) in [5, 5.41) is 3.30. The monoisotopic (exact) mass is 316 g/mol. The van der Waals surface area contributed by atoms with Gasteiger partial charge in [0.25, 0.3) is 0 Å². The molecule has 2 saturated carbocycles. The lowest BCUT2D eigenvalue weighted by Gasteiger charge is -2.57. The van der Waals surface area contributed by atoms with Crippen molar-refractivity contribution in [2.24, 2.45) is 11.3 Å². The first-order valence-electron chi connectivity index (χ1n) is 8.28. The van der Waals surface area contributed by atoms with Gasteiger partial charge < -0.3 is 15.0 Å². The van der Waals surface area contributed by atoms with Gasteiger partial charge in [-0.05, 0) is 39.2 Å². The highest BCUT2D eigenvalue weighted by Gasteiger charge is 2.59. The first-order valence-corrected chi connectivity index (χ1v) is 8.28. The molecule has 122 valence electrons. The lowest BCUT2D eigenvalue weighted by Crippen LogP contribution is -2.64. The number of amides is 1. The van der Waals surface area contributed by atoms with Crippen LogP contribution in [0.5, 0.6) is 0 Å². The minimum absolute atomic E-state index is 0. The van der Waals surface area contributed by atoms with Gasteiger partial charge >= 0.3 is 0 Å². The van der Waals surface area contributed by atoms with E-state index in [0.29, 0.717) is 18.1 Å². The van der Waals surface area contributed by atoms with E-state index in [9.17, 15) is 4.79 Å². The van der Waals surface area contributed by atoms with Crippen molar-refractivity contribution in [2.45, 2.75) is 57.6 Å². The highest BCUT2D eigenvalue weighted by molar-refractivity contribution is 5.85. The summed E-state index contributed by atoms with van der Waals surface area (Å²) in [5.41, 5.74) is 0.270. The lowest BCUT2D eigenvalue weighted by molar-refractivity contribution is -0.174. The van der Waals surface area contributed by atoms with Crippen molar-refractivity contribution in [1.29, 1.82) is 0 Å². The van der Waals surface area contributed by atoms with Crippen LogP contribution in [0, 0.1) is 11.3 Å². The van der Waals surface area contributed by atoms with Gasteiger partial charge in [0.15, 0.2) is 0 Å². The van der Waals surface area contributed by atoms with E-state index in [1.165, 1.54) is 25.7 Å². The molecule has 3 unspecified atom stereocenters. The van der Waals surface area contributed by atoms with E-state index in [0.717, 1.165) is 32.5 Å². The Morgan fingerprint density at radius 1 is 1.38 bits per heavy atom. The van der Waals surface area contributed by atoms with E-state index in [2.05, 4.69) is 17.1 Å². The molecule has 4 nitrogen and oxygen atoms in total. The predicted octanol–water partition coefficient (Wildman–Crippen LogP) is 2.21. The molecule has 0 aromatic heterocycles. The summed E-state index contributed by atoms with van der Waals surface area (Å²) in [6, 6.07) is 0.412. The minimum atomic E-state index is 0. The second kappa shape index (κ2) is 6.84. The molecule has 1 saturated heterocycles. The fourth-order valence-corrected chi connectivity index (χ4v) is 4.70. The SMILES string of the molecule is CCOC1CC(N(C)C(=O)C2CCNC2)C12CCCC2.Cl. The van der Waals surface area contributed by atoms with Crippen LogP contribution in [0.4, 0.5) is 0 Å². The molecule has 3 rings (SSSR count). The Labute approximate surface area is 134 Å². The van der Waals surface area contributed by atoms with Crippen LogP contribution < -0.4 is 5.32 Å². The number of carbonyl (C=O) groups is 1. The number of nitrogens with one attached hydrogen (secondary N) is 1. The molecule has 1 amide bonds. The molecule has 3 fully saturated rings. The van der Waals surface area contributed by atoms with Gasteiger partial charge in [0.1, 0.15) is 0 Å². The smallest absolute Gasteiger partial charge is 0.227 e. The average molecular weight is 317 g/mol. The number of rotatable bonds is 4. The largest absolute Gasteiger partial charge is 0.378 e. The van der Waals surface area contributed by atoms with Gasteiger partial charge in [-0.1, -0.05) is 12.8 Å². The van der Waals surface area contributed by atoms with Crippen LogP contribution >= 0.6 is 12.4 Å². The van der Waals surface area contributed by atoms with Crippen LogP contribution in [0.2, 0.25) is 0 Å². The number of nitrogens with zero attached hydrogens (tertiary/aromatic N) is 1. The maximum absolute atomic E-state index is 12.6. The summed E-state index contributed by atoms with van der Waals surface area (Å²) >= 11 is 0. The van der Waals surface area contributed by atoms with Gasteiger partial charge in [-0.15, -0.1) is 12.4 Å². The fraction of sp³-hybridized carbons (Fsp3) is 0.938. The van der Waals surface area contributed by atoms with Crippen LogP contribution in [0.1, 0.15) is 45.4 Å². The van der Waals surface area contributed by atoms with E-state index >= 15 is 0 Å². The third-order valence-corrected chi connectivity index (χ3v) is 5.87. The normalized spacial score (nSPS) is 33.5. The van der Waals surface area contributed by atoms with Gasteiger partial charge in [-0.3, -0.25) is 4.79 Å². The number of hydrogen-bond donors (Lipinski definition) is 1. The van der Waals surface area contributed by atoms with E-state index in [1.807, 2.05) is 7.05 Å². The lowest BCUT2D eigenvalue weighted by atomic mass is 9.60.